The van der Waals surface area contributed by atoms with E-state index < -0.39 is 67.2 Å². The molecule has 22 atom stereocenters. The second-order valence-corrected chi connectivity index (χ2v) is 19.2. The van der Waals surface area contributed by atoms with Crippen LogP contribution in [-0.4, -0.2) is 129 Å². The van der Waals surface area contributed by atoms with Crippen molar-refractivity contribution in [3.05, 3.63) is 0 Å². The maximum atomic E-state index is 14.5. The van der Waals surface area contributed by atoms with Crippen LogP contribution in [0.5, 0.6) is 0 Å². The van der Waals surface area contributed by atoms with Gasteiger partial charge in [0.25, 0.3) is 0 Å². The lowest BCUT2D eigenvalue weighted by atomic mass is 9.44. The SMILES string of the molecule is CC1CC[C@@]2(OC1)OC1C[C@H]3[C@@H]4CC[C@H]5C[C@@H](OC6OC(CCl)C(OC7OC(CCl)C(O)C(O)C7O)C(O)C6O)CC[C@]5(C)[C@H]4C(=O)C[C@]3(C)C1[C@@H]2C. The second-order valence-electron chi connectivity index (χ2n) is 18.6. The molecule has 0 amide bonds. The molecule has 8 aliphatic rings. The first-order valence-corrected chi connectivity index (χ1v) is 21.2. The van der Waals surface area contributed by atoms with Crippen LogP contribution in [0.2, 0.25) is 0 Å². The van der Waals surface area contributed by atoms with Crippen LogP contribution >= 0.6 is 23.2 Å². The zero-order valence-electron chi connectivity index (χ0n) is 31.3. The predicted octanol–water partition coefficient (Wildman–Crippen LogP) is 3.11. The van der Waals surface area contributed by atoms with Crippen molar-refractivity contribution in [1.82, 2.24) is 0 Å². The molecule has 14 heteroatoms. The summed E-state index contributed by atoms with van der Waals surface area (Å²) in [7, 11) is 0. The molecular formula is C39H60Cl2O12. The first kappa shape index (κ1) is 39.6. The molecule has 4 saturated heterocycles. The van der Waals surface area contributed by atoms with Crippen LogP contribution < -0.4 is 0 Å². The highest BCUT2D eigenvalue weighted by atomic mass is 35.5. The standard InChI is InChI=1S/C39H60Cl2O12/c1-17-7-10-39(48-16-17)18(2)27-24(53-39)12-22-21-6-5-19-11-20(8-9-37(19,3)28(21)23(42)13-38(22,27)4)49-35-33(47)31(45)34(26(15-41)51-35)52-36-32(46)30(44)29(43)25(14-40)50-36/h17-22,24-36,43-47H,5-16H2,1-4H3/t17?,18-,19-,20-,21-,22-,24?,25?,26?,27?,28+,29?,30?,31?,32?,33?,34?,35?,36?,37-,38-,39+/m0/s1. The first-order valence-electron chi connectivity index (χ1n) is 20.1. The van der Waals surface area contributed by atoms with Gasteiger partial charge in [0, 0.05) is 24.7 Å². The Bertz CT molecular complexity index is 1350. The van der Waals surface area contributed by atoms with Gasteiger partial charge >= 0.3 is 0 Å². The normalized spacial score (nSPS) is 58.2. The zero-order valence-corrected chi connectivity index (χ0v) is 32.8. The van der Waals surface area contributed by atoms with Gasteiger partial charge in [0.2, 0.25) is 0 Å². The summed E-state index contributed by atoms with van der Waals surface area (Å²) in [6, 6.07) is 0. The fourth-order valence-corrected chi connectivity index (χ4v) is 13.5. The number of halogens is 2. The average molecular weight is 792 g/mol. The van der Waals surface area contributed by atoms with Gasteiger partial charge in [-0.05, 0) is 85.4 Å². The number of ether oxygens (including phenoxy) is 6. The molecule has 0 aromatic rings. The Kier molecular flexibility index (Phi) is 10.9. The minimum absolute atomic E-state index is 0.00224. The van der Waals surface area contributed by atoms with E-state index in [0.29, 0.717) is 42.3 Å². The van der Waals surface area contributed by atoms with Crippen LogP contribution in [-0.2, 0) is 33.2 Å². The molecule has 8 fully saturated rings. The first-order chi connectivity index (χ1) is 25.2. The highest BCUT2D eigenvalue weighted by Gasteiger charge is 2.71. The molecule has 0 radical (unpaired) electrons. The van der Waals surface area contributed by atoms with Crippen molar-refractivity contribution in [2.45, 2.75) is 165 Å². The molecule has 302 valence electrons. The van der Waals surface area contributed by atoms with E-state index in [9.17, 15) is 30.3 Å². The number of hydrogen-bond donors (Lipinski definition) is 5. The van der Waals surface area contributed by atoms with E-state index in [2.05, 4.69) is 27.7 Å². The molecule has 1 spiro atoms. The summed E-state index contributed by atoms with van der Waals surface area (Å²) in [5, 5.41) is 53.4. The highest BCUT2D eigenvalue weighted by molar-refractivity contribution is 6.18. The van der Waals surface area contributed by atoms with Crippen molar-refractivity contribution >= 4 is 29.0 Å². The van der Waals surface area contributed by atoms with E-state index in [1.54, 1.807) is 0 Å². The Morgan fingerprint density at radius 3 is 2.19 bits per heavy atom. The van der Waals surface area contributed by atoms with Crippen LogP contribution in [0.15, 0.2) is 0 Å². The zero-order chi connectivity index (χ0) is 37.8. The molecule has 12 nitrogen and oxygen atoms in total. The Balaban J connectivity index is 0.911. The van der Waals surface area contributed by atoms with Gasteiger partial charge in [-0.2, -0.15) is 0 Å². The van der Waals surface area contributed by atoms with E-state index in [1.165, 1.54) is 0 Å². The molecular weight excluding hydrogens is 731 g/mol. The number of rotatable bonds is 6. The minimum atomic E-state index is -1.65. The number of aliphatic hydroxyl groups is 5. The number of Topliss-reactive ketones (excluding diaryl/α,β-unsaturated/α-hetero) is 1. The largest absolute Gasteiger partial charge is 0.388 e. The van der Waals surface area contributed by atoms with Gasteiger partial charge in [-0.3, -0.25) is 4.79 Å². The molecule has 53 heavy (non-hydrogen) atoms. The topological polar surface area (TPSA) is 174 Å². The number of hydrogen-bond acceptors (Lipinski definition) is 12. The number of carbonyl (C=O) groups excluding carboxylic acids is 1. The summed E-state index contributed by atoms with van der Waals surface area (Å²) < 4.78 is 37.3. The maximum Gasteiger partial charge on any atom is 0.187 e. The predicted molar refractivity (Wildman–Crippen MR) is 191 cm³/mol. The maximum absolute atomic E-state index is 14.5. The van der Waals surface area contributed by atoms with Crippen molar-refractivity contribution < 1.29 is 58.7 Å². The van der Waals surface area contributed by atoms with Crippen molar-refractivity contribution in [2.24, 2.45) is 52.3 Å². The number of carbonyl (C=O) groups is 1. The fourth-order valence-electron chi connectivity index (χ4n) is 13.0. The fraction of sp³-hybridized carbons (Fsp3) is 0.974. The number of ketones is 1. The van der Waals surface area contributed by atoms with Crippen LogP contribution in [0.25, 0.3) is 0 Å². The lowest BCUT2D eigenvalue weighted by molar-refractivity contribution is -0.356. The van der Waals surface area contributed by atoms with E-state index >= 15 is 0 Å². The Labute approximate surface area is 322 Å². The van der Waals surface area contributed by atoms with Gasteiger partial charge in [0.1, 0.15) is 54.6 Å². The summed E-state index contributed by atoms with van der Waals surface area (Å²) in [5.74, 6) is 1.77. The molecule has 4 aliphatic carbocycles. The Hall–Kier alpha value is -0.190. The molecule has 0 aromatic carbocycles. The van der Waals surface area contributed by atoms with Gasteiger partial charge in [-0.25, -0.2) is 0 Å². The summed E-state index contributed by atoms with van der Waals surface area (Å²) in [6.07, 6.45) is -5.83. The van der Waals surface area contributed by atoms with Crippen LogP contribution in [0.1, 0.15) is 85.5 Å². The number of fused-ring (bicyclic) bond motifs is 7. The summed E-state index contributed by atoms with van der Waals surface area (Å²) in [4.78, 5) is 14.5. The minimum Gasteiger partial charge on any atom is -0.388 e. The van der Waals surface area contributed by atoms with Gasteiger partial charge in [-0.15, -0.1) is 23.2 Å². The van der Waals surface area contributed by atoms with E-state index in [0.717, 1.165) is 51.6 Å². The monoisotopic (exact) mass is 790 g/mol. The lowest BCUT2D eigenvalue weighted by Gasteiger charge is -2.60. The van der Waals surface area contributed by atoms with Gasteiger partial charge in [-0.1, -0.05) is 27.7 Å². The smallest absolute Gasteiger partial charge is 0.187 e. The van der Waals surface area contributed by atoms with Gasteiger partial charge in [0.15, 0.2) is 18.4 Å². The van der Waals surface area contributed by atoms with Crippen molar-refractivity contribution in [1.29, 1.82) is 0 Å². The Morgan fingerprint density at radius 2 is 1.49 bits per heavy atom. The second kappa shape index (κ2) is 14.6. The van der Waals surface area contributed by atoms with Crippen molar-refractivity contribution in [2.75, 3.05) is 18.4 Å². The molecule has 4 heterocycles. The van der Waals surface area contributed by atoms with Crippen LogP contribution in [0, 0.1) is 52.3 Å². The third-order valence-electron chi connectivity index (χ3n) is 15.8. The highest BCUT2D eigenvalue weighted by Crippen LogP contribution is 2.70. The summed E-state index contributed by atoms with van der Waals surface area (Å²) in [6.45, 7) is 9.98. The number of alkyl halides is 2. The molecule has 0 aromatic heterocycles. The molecule has 0 bridgehead atoms. The van der Waals surface area contributed by atoms with E-state index in [4.69, 9.17) is 51.6 Å². The average Bonchev–Trinajstić information content (AvgIpc) is 3.57. The summed E-state index contributed by atoms with van der Waals surface area (Å²) in [5.41, 5.74) is -0.246. The van der Waals surface area contributed by atoms with Crippen molar-refractivity contribution in [3.63, 3.8) is 0 Å². The lowest BCUT2D eigenvalue weighted by Crippen LogP contribution is -2.64. The molecule has 4 saturated carbocycles. The van der Waals surface area contributed by atoms with Crippen molar-refractivity contribution in [3.8, 4) is 0 Å². The molecule has 5 N–H and O–H groups in total. The third kappa shape index (κ3) is 6.30. The van der Waals surface area contributed by atoms with E-state index in [-0.39, 0.29) is 52.6 Å². The molecule has 8 rings (SSSR count). The third-order valence-corrected chi connectivity index (χ3v) is 16.4. The molecule has 4 aliphatic heterocycles. The quantitative estimate of drug-likeness (QED) is 0.197. The summed E-state index contributed by atoms with van der Waals surface area (Å²) >= 11 is 12.1. The van der Waals surface area contributed by atoms with Gasteiger partial charge < -0.3 is 54.0 Å². The van der Waals surface area contributed by atoms with Gasteiger partial charge in [0.05, 0.1) is 30.6 Å². The number of aliphatic hydroxyl groups excluding tert-OH is 5. The van der Waals surface area contributed by atoms with E-state index in [1.807, 2.05) is 0 Å². The Morgan fingerprint density at radius 1 is 0.792 bits per heavy atom. The molecule has 13 unspecified atom stereocenters. The van der Waals surface area contributed by atoms with Crippen LogP contribution in [0.3, 0.4) is 0 Å². The van der Waals surface area contributed by atoms with Crippen LogP contribution in [0.4, 0.5) is 0 Å².